The van der Waals surface area contributed by atoms with Crippen LogP contribution < -0.4 is 5.14 Å². The molecule has 1 aliphatic rings. The van der Waals surface area contributed by atoms with E-state index in [0.717, 1.165) is 0 Å². The SMILES string of the molecule is CC(CC(=O)N1CCN(S(N)(=O)=O)CC1)C(C)(C)C. The zero-order chi connectivity index (χ0) is 14.8. The predicted octanol–water partition coefficient (Wildman–Crippen LogP) is 0.406. The molecule has 0 aromatic rings. The highest BCUT2D eigenvalue weighted by Gasteiger charge is 2.29. The lowest BCUT2D eigenvalue weighted by Gasteiger charge is -2.35. The van der Waals surface area contributed by atoms with Crippen LogP contribution >= 0.6 is 0 Å². The van der Waals surface area contributed by atoms with Gasteiger partial charge in [-0.05, 0) is 11.3 Å². The first kappa shape index (κ1) is 16.4. The van der Waals surface area contributed by atoms with Gasteiger partial charge in [0.05, 0.1) is 0 Å². The lowest BCUT2D eigenvalue weighted by atomic mass is 9.80. The Morgan fingerprint density at radius 1 is 1.21 bits per heavy atom. The van der Waals surface area contributed by atoms with E-state index in [-0.39, 0.29) is 30.3 Å². The Balaban J connectivity index is 2.50. The molecule has 0 saturated carbocycles. The first-order chi connectivity index (χ1) is 8.51. The van der Waals surface area contributed by atoms with Gasteiger partial charge in [0.2, 0.25) is 5.91 Å². The van der Waals surface area contributed by atoms with E-state index < -0.39 is 10.2 Å². The Bertz CT molecular complexity index is 420. The van der Waals surface area contributed by atoms with E-state index in [0.29, 0.717) is 19.5 Å². The van der Waals surface area contributed by atoms with Gasteiger partial charge < -0.3 is 4.90 Å². The number of carbonyl (C=O) groups excluding carboxylic acids is 1. The van der Waals surface area contributed by atoms with E-state index in [1.54, 1.807) is 4.90 Å². The third-order valence-corrected chi connectivity index (χ3v) is 5.00. The Morgan fingerprint density at radius 2 is 1.68 bits per heavy atom. The Morgan fingerprint density at radius 3 is 2.05 bits per heavy atom. The van der Waals surface area contributed by atoms with Crippen molar-refractivity contribution < 1.29 is 13.2 Å². The average molecular weight is 291 g/mol. The molecular weight excluding hydrogens is 266 g/mol. The summed E-state index contributed by atoms with van der Waals surface area (Å²) in [7, 11) is -3.63. The number of piperazine rings is 1. The third kappa shape index (κ3) is 4.74. The summed E-state index contributed by atoms with van der Waals surface area (Å²) < 4.78 is 23.6. The van der Waals surface area contributed by atoms with E-state index in [1.807, 2.05) is 0 Å². The van der Waals surface area contributed by atoms with Crippen molar-refractivity contribution in [2.75, 3.05) is 26.2 Å². The third-order valence-electron chi connectivity index (χ3n) is 3.91. The minimum absolute atomic E-state index is 0.0940. The number of rotatable bonds is 3. The second-order valence-corrected chi connectivity index (χ2v) is 7.84. The maximum absolute atomic E-state index is 12.1. The standard InChI is InChI=1S/C12H25N3O3S/c1-10(12(2,3)4)9-11(16)14-5-7-15(8-6-14)19(13,17)18/h10H,5-9H2,1-4H3,(H2,13,17,18). The van der Waals surface area contributed by atoms with Gasteiger partial charge in [0, 0.05) is 32.6 Å². The minimum Gasteiger partial charge on any atom is -0.340 e. The molecule has 1 saturated heterocycles. The molecule has 1 unspecified atom stereocenters. The maximum Gasteiger partial charge on any atom is 0.277 e. The van der Waals surface area contributed by atoms with Crippen molar-refractivity contribution in [3.63, 3.8) is 0 Å². The van der Waals surface area contributed by atoms with Gasteiger partial charge in [-0.1, -0.05) is 27.7 Å². The maximum atomic E-state index is 12.1. The largest absolute Gasteiger partial charge is 0.340 e. The summed E-state index contributed by atoms with van der Waals surface area (Å²) in [6.45, 7) is 9.83. The van der Waals surface area contributed by atoms with Crippen molar-refractivity contribution in [1.29, 1.82) is 0 Å². The highest BCUT2D eigenvalue weighted by Crippen LogP contribution is 2.28. The molecule has 1 rings (SSSR count). The van der Waals surface area contributed by atoms with Crippen molar-refractivity contribution in [3.05, 3.63) is 0 Å². The summed E-state index contributed by atoms with van der Waals surface area (Å²) in [6.07, 6.45) is 0.499. The number of hydrogen-bond donors (Lipinski definition) is 1. The summed E-state index contributed by atoms with van der Waals surface area (Å²) in [5, 5.41) is 5.06. The minimum atomic E-state index is -3.63. The van der Waals surface area contributed by atoms with E-state index in [1.165, 1.54) is 4.31 Å². The number of nitrogens with zero attached hydrogens (tertiary/aromatic N) is 2. The number of carbonyl (C=O) groups is 1. The van der Waals surface area contributed by atoms with Crippen LogP contribution in [0.1, 0.15) is 34.1 Å². The zero-order valence-electron chi connectivity index (χ0n) is 12.2. The summed E-state index contributed by atoms with van der Waals surface area (Å²) in [4.78, 5) is 13.9. The Labute approximate surface area is 116 Å². The number of amides is 1. The van der Waals surface area contributed by atoms with Gasteiger partial charge in [0.1, 0.15) is 0 Å². The van der Waals surface area contributed by atoms with E-state index in [9.17, 15) is 13.2 Å². The molecular formula is C12H25N3O3S. The molecule has 1 fully saturated rings. The molecule has 0 spiro atoms. The number of nitrogens with two attached hydrogens (primary N) is 1. The predicted molar refractivity (Wildman–Crippen MR) is 74.5 cm³/mol. The number of hydrogen-bond acceptors (Lipinski definition) is 3. The van der Waals surface area contributed by atoms with Gasteiger partial charge in [-0.3, -0.25) is 4.79 Å². The molecule has 1 heterocycles. The van der Waals surface area contributed by atoms with Crippen LogP contribution in [-0.4, -0.2) is 49.7 Å². The van der Waals surface area contributed by atoms with Crippen molar-refractivity contribution in [1.82, 2.24) is 9.21 Å². The van der Waals surface area contributed by atoms with Crippen LogP contribution in [0.5, 0.6) is 0 Å². The molecule has 1 amide bonds. The molecule has 0 radical (unpaired) electrons. The summed E-state index contributed by atoms with van der Waals surface area (Å²) in [6, 6.07) is 0. The molecule has 2 N–H and O–H groups in total. The normalized spacial score (nSPS) is 20.4. The van der Waals surface area contributed by atoms with Crippen LogP contribution in [0.25, 0.3) is 0 Å². The second kappa shape index (κ2) is 5.76. The molecule has 1 aliphatic heterocycles. The van der Waals surface area contributed by atoms with E-state index >= 15 is 0 Å². The van der Waals surface area contributed by atoms with Crippen LogP contribution in [0.4, 0.5) is 0 Å². The van der Waals surface area contributed by atoms with Crippen molar-refractivity contribution >= 4 is 16.1 Å². The summed E-state index contributed by atoms with van der Waals surface area (Å²) in [5.74, 6) is 0.382. The fourth-order valence-corrected chi connectivity index (χ4v) is 2.56. The molecule has 1 atom stereocenters. The van der Waals surface area contributed by atoms with Crippen LogP contribution in [0.3, 0.4) is 0 Å². The van der Waals surface area contributed by atoms with Gasteiger partial charge in [0.25, 0.3) is 10.2 Å². The van der Waals surface area contributed by atoms with Crippen LogP contribution in [0.2, 0.25) is 0 Å². The lowest BCUT2D eigenvalue weighted by molar-refractivity contribution is -0.134. The van der Waals surface area contributed by atoms with E-state index in [2.05, 4.69) is 27.7 Å². The van der Waals surface area contributed by atoms with Gasteiger partial charge in [0.15, 0.2) is 0 Å². The summed E-state index contributed by atoms with van der Waals surface area (Å²) >= 11 is 0. The first-order valence-electron chi connectivity index (χ1n) is 6.57. The van der Waals surface area contributed by atoms with Gasteiger partial charge in [-0.2, -0.15) is 12.7 Å². The Kier molecular flexibility index (Phi) is 4.97. The van der Waals surface area contributed by atoms with Gasteiger partial charge >= 0.3 is 0 Å². The topological polar surface area (TPSA) is 83.7 Å². The summed E-state index contributed by atoms with van der Waals surface area (Å²) in [5.41, 5.74) is 0.0953. The molecule has 0 aromatic heterocycles. The quantitative estimate of drug-likeness (QED) is 0.817. The molecule has 0 bridgehead atoms. The first-order valence-corrected chi connectivity index (χ1v) is 8.08. The highest BCUT2D eigenvalue weighted by molar-refractivity contribution is 7.86. The molecule has 0 aliphatic carbocycles. The fourth-order valence-electron chi connectivity index (χ4n) is 1.89. The smallest absolute Gasteiger partial charge is 0.277 e. The van der Waals surface area contributed by atoms with Crippen molar-refractivity contribution in [2.45, 2.75) is 34.1 Å². The zero-order valence-corrected chi connectivity index (χ0v) is 13.0. The highest BCUT2D eigenvalue weighted by atomic mass is 32.2. The monoisotopic (exact) mass is 291 g/mol. The Hall–Kier alpha value is -0.660. The molecule has 0 aromatic carbocycles. The van der Waals surface area contributed by atoms with E-state index in [4.69, 9.17) is 5.14 Å². The van der Waals surface area contributed by atoms with Crippen molar-refractivity contribution in [2.24, 2.45) is 16.5 Å². The lowest BCUT2D eigenvalue weighted by Crippen LogP contribution is -2.52. The van der Waals surface area contributed by atoms with Crippen molar-refractivity contribution in [3.8, 4) is 0 Å². The molecule has 112 valence electrons. The van der Waals surface area contributed by atoms with Crippen LogP contribution in [-0.2, 0) is 15.0 Å². The molecule has 19 heavy (non-hydrogen) atoms. The average Bonchev–Trinajstić information content (AvgIpc) is 2.26. The van der Waals surface area contributed by atoms with Crippen LogP contribution in [0.15, 0.2) is 0 Å². The molecule has 6 nitrogen and oxygen atoms in total. The fraction of sp³-hybridized carbons (Fsp3) is 0.917. The van der Waals surface area contributed by atoms with Crippen LogP contribution in [0, 0.1) is 11.3 Å². The molecule has 7 heteroatoms. The van der Waals surface area contributed by atoms with Gasteiger partial charge in [-0.25, -0.2) is 5.14 Å². The van der Waals surface area contributed by atoms with Gasteiger partial charge in [-0.15, -0.1) is 0 Å². The second-order valence-electron chi connectivity index (χ2n) is 6.30.